The van der Waals surface area contributed by atoms with Crippen molar-refractivity contribution in [2.45, 2.75) is 6.92 Å². The number of carbonyl (C=O) groups excluding carboxylic acids is 1. The van der Waals surface area contributed by atoms with Crippen LogP contribution in [-0.2, 0) is 0 Å². The van der Waals surface area contributed by atoms with Crippen LogP contribution in [0.1, 0.15) is 15.9 Å². The number of nitrogens with zero attached hydrogens (tertiary/aromatic N) is 1. The molecule has 27 heavy (non-hydrogen) atoms. The quantitative estimate of drug-likeness (QED) is 0.322. The van der Waals surface area contributed by atoms with Crippen LogP contribution < -0.4 is 4.74 Å². The van der Waals surface area contributed by atoms with Crippen molar-refractivity contribution >= 4 is 28.5 Å². The van der Waals surface area contributed by atoms with Crippen molar-refractivity contribution in [3.05, 3.63) is 95.0 Å². The summed E-state index contributed by atoms with van der Waals surface area (Å²) in [6, 6.07) is 24.1. The van der Waals surface area contributed by atoms with Crippen molar-refractivity contribution in [2.75, 3.05) is 0 Å². The van der Waals surface area contributed by atoms with E-state index in [4.69, 9.17) is 16.3 Å². The Morgan fingerprint density at radius 1 is 0.926 bits per heavy atom. The number of para-hydroxylation sites is 1. The van der Waals surface area contributed by atoms with Gasteiger partial charge >= 0.3 is 5.97 Å². The molecule has 0 aliphatic heterocycles. The van der Waals surface area contributed by atoms with Gasteiger partial charge in [0.1, 0.15) is 5.75 Å². The zero-order valence-corrected chi connectivity index (χ0v) is 15.4. The second-order valence-corrected chi connectivity index (χ2v) is 6.72. The number of pyridine rings is 1. The van der Waals surface area contributed by atoms with Gasteiger partial charge in [-0.1, -0.05) is 54.1 Å². The molecule has 1 heterocycles. The maximum atomic E-state index is 12.9. The average Bonchev–Trinajstić information content (AvgIpc) is 2.67. The molecule has 4 aromatic rings. The molecule has 0 amide bonds. The van der Waals surface area contributed by atoms with E-state index in [1.807, 2.05) is 61.5 Å². The van der Waals surface area contributed by atoms with Gasteiger partial charge in [0, 0.05) is 16.0 Å². The molecule has 4 heteroatoms. The first kappa shape index (κ1) is 17.3. The summed E-state index contributed by atoms with van der Waals surface area (Å²) in [5.74, 6) is 0.114. The number of rotatable bonds is 3. The standard InChI is InChI=1S/C23H16ClNO2/c1-15-5-4-6-18(13-15)27-23(26)20-14-22(16-9-11-17(24)12-10-16)25-21-8-3-2-7-19(20)21/h2-14H,1H3. The van der Waals surface area contributed by atoms with Crippen molar-refractivity contribution in [1.82, 2.24) is 4.98 Å². The lowest BCUT2D eigenvalue weighted by Crippen LogP contribution is -2.10. The first-order valence-electron chi connectivity index (χ1n) is 8.55. The fourth-order valence-corrected chi connectivity index (χ4v) is 3.08. The topological polar surface area (TPSA) is 39.2 Å². The van der Waals surface area contributed by atoms with Gasteiger partial charge in [-0.2, -0.15) is 0 Å². The van der Waals surface area contributed by atoms with Gasteiger partial charge in [-0.3, -0.25) is 0 Å². The molecular weight excluding hydrogens is 358 g/mol. The van der Waals surface area contributed by atoms with Crippen LogP contribution in [-0.4, -0.2) is 11.0 Å². The molecule has 0 bridgehead atoms. The van der Waals surface area contributed by atoms with E-state index in [1.54, 1.807) is 24.3 Å². The first-order chi connectivity index (χ1) is 13.1. The van der Waals surface area contributed by atoms with Crippen LogP contribution >= 0.6 is 11.6 Å². The van der Waals surface area contributed by atoms with Gasteiger partial charge in [-0.25, -0.2) is 9.78 Å². The Hall–Kier alpha value is -3.17. The number of fused-ring (bicyclic) bond motifs is 1. The Morgan fingerprint density at radius 2 is 1.70 bits per heavy atom. The van der Waals surface area contributed by atoms with E-state index in [0.717, 1.165) is 22.0 Å². The van der Waals surface area contributed by atoms with E-state index in [0.29, 0.717) is 22.0 Å². The molecule has 1 aromatic heterocycles. The Bertz CT molecular complexity index is 1140. The van der Waals surface area contributed by atoms with Crippen LogP contribution in [0.25, 0.3) is 22.2 Å². The van der Waals surface area contributed by atoms with Crippen LogP contribution in [0.15, 0.2) is 78.9 Å². The van der Waals surface area contributed by atoms with Crippen molar-refractivity contribution < 1.29 is 9.53 Å². The van der Waals surface area contributed by atoms with E-state index >= 15 is 0 Å². The molecule has 0 N–H and O–H groups in total. The SMILES string of the molecule is Cc1cccc(OC(=O)c2cc(-c3ccc(Cl)cc3)nc3ccccc23)c1. The van der Waals surface area contributed by atoms with Gasteiger partial charge in [0.25, 0.3) is 0 Å². The zero-order chi connectivity index (χ0) is 18.8. The van der Waals surface area contributed by atoms with Crippen LogP contribution in [0.2, 0.25) is 5.02 Å². The Morgan fingerprint density at radius 3 is 2.48 bits per heavy atom. The van der Waals surface area contributed by atoms with E-state index in [-0.39, 0.29) is 0 Å². The summed E-state index contributed by atoms with van der Waals surface area (Å²) in [6.45, 7) is 1.96. The molecule has 3 aromatic carbocycles. The summed E-state index contributed by atoms with van der Waals surface area (Å²) >= 11 is 5.98. The molecule has 0 unspecified atom stereocenters. The number of hydrogen-bond acceptors (Lipinski definition) is 3. The van der Waals surface area contributed by atoms with E-state index in [1.165, 1.54) is 0 Å². The second kappa shape index (κ2) is 7.22. The number of hydrogen-bond donors (Lipinski definition) is 0. The highest BCUT2D eigenvalue weighted by Gasteiger charge is 2.16. The summed E-state index contributed by atoms with van der Waals surface area (Å²) in [5.41, 5.74) is 3.83. The number of esters is 1. The highest BCUT2D eigenvalue weighted by molar-refractivity contribution is 6.30. The molecule has 0 aliphatic rings. The van der Waals surface area contributed by atoms with Crippen LogP contribution in [0, 0.1) is 6.92 Å². The fourth-order valence-electron chi connectivity index (χ4n) is 2.95. The predicted molar refractivity (Wildman–Crippen MR) is 108 cm³/mol. The van der Waals surface area contributed by atoms with Gasteiger partial charge in [-0.15, -0.1) is 0 Å². The van der Waals surface area contributed by atoms with E-state index in [2.05, 4.69) is 4.98 Å². The maximum absolute atomic E-state index is 12.9. The zero-order valence-electron chi connectivity index (χ0n) is 14.6. The Labute approximate surface area is 162 Å². The average molecular weight is 374 g/mol. The summed E-state index contributed by atoms with van der Waals surface area (Å²) in [6.07, 6.45) is 0. The second-order valence-electron chi connectivity index (χ2n) is 6.29. The van der Waals surface area contributed by atoms with Crippen molar-refractivity contribution in [2.24, 2.45) is 0 Å². The number of carbonyl (C=O) groups is 1. The van der Waals surface area contributed by atoms with E-state index < -0.39 is 5.97 Å². The monoisotopic (exact) mass is 373 g/mol. The van der Waals surface area contributed by atoms with Gasteiger partial charge < -0.3 is 4.74 Å². The number of aryl methyl sites for hydroxylation is 1. The molecule has 0 saturated carbocycles. The molecule has 4 rings (SSSR count). The molecule has 3 nitrogen and oxygen atoms in total. The summed E-state index contributed by atoms with van der Waals surface area (Å²) in [7, 11) is 0. The Kier molecular flexibility index (Phi) is 4.61. The lowest BCUT2D eigenvalue weighted by atomic mass is 10.0. The molecule has 0 spiro atoms. The highest BCUT2D eigenvalue weighted by atomic mass is 35.5. The minimum Gasteiger partial charge on any atom is -0.423 e. The molecule has 132 valence electrons. The normalized spacial score (nSPS) is 10.7. The van der Waals surface area contributed by atoms with E-state index in [9.17, 15) is 4.79 Å². The number of halogens is 1. The third kappa shape index (κ3) is 3.69. The molecule has 0 saturated heterocycles. The lowest BCUT2D eigenvalue weighted by molar-refractivity contribution is 0.0737. The fraction of sp³-hybridized carbons (Fsp3) is 0.0435. The largest absolute Gasteiger partial charge is 0.423 e. The predicted octanol–water partition coefficient (Wildman–Crippen LogP) is 6.08. The molecule has 0 aliphatic carbocycles. The van der Waals surface area contributed by atoms with Gasteiger partial charge in [0.15, 0.2) is 0 Å². The summed E-state index contributed by atoms with van der Waals surface area (Å²) in [5, 5.41) is 1.41. The number of benzene rings is 3. The van der Waals surface area contributed by atoms with Crippen LogP contribution in [0.4, 0.5) is 0 Å². The van der Waals surface area contributed by atoms with Gasteiger partial charge in [0.2, 0.25) is 0 Å². The summed E-state index contributed by atoms with van der Waals surface area (Å²) < 4.78 is 5.61. The van der Waals surface area contributed by atoms with Crippen molar-refractivity contribution in [3.8, 4) is 17.0 Å². The minimum absolute atomic E-state index is 0.408. The molecule has 0 atom stereocenters. The third-order valence-electron chi connectivity index (χ3n) is 4.28. The van der Waals surface area contributed by atoms with Crippen molar-refractivity contribution in [1.29, 1.82) is 0 Å². The molecule has 0 fully saturated rings. The first-order valence-corrected chi connectivity index (χ1v) is 8.92. The highest BCUT2D eigenvalue weighted by Crippen LogP contribution is 2.27. The van der Waals surface area contributed by atoms with Gasteiger partial charge in [-0.05, 0) is 48.9 Å². The molecule has 0 radical (unpaired) electrons. The maximum Gasteiger partial charge on any atom is 0.344 e. The summed E-state index contributed by atoms with van der Waals surface area (Å²) in [4.78, 5) is 17.6. The van der Waals surface area contributed by atoms with Crippen molar-refractivity contribution in [3.63, 3.8) is 0 Å². The lowest BCUT2D eigenvalue weighted by Gasteiger charge is -2.10. The Balaban J connectivity index is 1.80. The number of ether oxygens (including phenoxy) is 1. The van der Waals surface area contributed by atoms with Gasteiger partial charge in [0.05, 0.1) is 16.8 Å². The molecular formula is C23H16ClNO2. The number of aromatic nitrogens is 1. The third-order valence-corrected chi connectivity index (χ3v) is 4.53. The minimum atomic E-state index is -0.408. The van der Waals surface area contributed by atoms with Crippen LogP contribution in [0.5, 0.6) is 5.75 Å². The smallest absolute Gasteiger partial charge is 0.344 e. The van der Waals surface area contributed by atoms with Crippen LogP contribution in [0.3, 0.4) is 0 Å².